The van der Waals surface area contributed by atoms with Gasteiger partial charge >= 0.3 is 5.97 Å². The Balaban J connectivity index is 1.24. The standard InChI is InChI=1S/C22H23ClN6O3/c23-18-5-2-1-4-17(18)14-29-19(6-11-26-29)27-20(30)15-32-21(31)16-7-12-28(13-8-16)22-24-9-3-10-25-22/h1-6,9-11,16H,7-8,12-15H2,(H,27,30). The zero-order chi connectivity index (χ0) is 22.3. The first kappa shape index (κ1) is 21.8. The molecule has 1 aliphatic rings. The highest BCUT2D eigenvalue weighted by atomic mass is 35.5. The van der Waals surface area contributed by atoms with Crippen LogP contribution in [0.2, 0.25) is 5.02 Å². The van der Waals surface area contributed by atoms with Gasteiger partial charge in [-0.2, -0.15) is 5.10 Å². The number of ether oxygens (including phenoxy) is 1. The number of anilines is 2. The number of aromatic nitrogens is 4. The van der Waals surface area contributed by atoms with Crippen LogP contribution < -0.4 is 10.2 Å². The third kappa shape index (κ3) is 5.42. The topological polar surface area (TPSA) is 102 Å². The first-order valence-electron chi connectivity index (χ1n) is 10.3. The predicted molar refractivity (Wildman–Crippen MR) is 119 cm³/mol. The van der Waals surface area contributed by atoms with Gasteiger partial charge in [-0.25, -0.2) is 14.6 Å². The molecule has 3 heterocycles. The molecule has 1 aliphatic heterocycles. The Hall–Kier alpha value is -3.46. The molecule has 9 nitrogen and oxygen atoms in total. The molecular weight excluding hydrogens is 432 g/mol. The normalized spacial score (nSPS) is 14.2. The van der Waals surface area contributed by atoms with E-state index in [4.69, 9.17) is 16.3 Å². The number of nitrogens with zero attached hydrogens (tertiary/aromatic N) is 5. The molecule has 0 bridgehead atoms. The van der Waals surface area contributed by atoms with Gasteiger partial charge in [-0.15, -0.1) is 0 Å². The number of esters is 1. The summed E-state index contributed by atoms with van der Waals surface area (Å²) >= 11 is 6.21. The monoisotopic (exact) mass is 454 g/mol. The summed E-state index contributed by atoms with van der Waals surface area (Å²) in [6.45, 7) is 1.39. The van der Waals surface area contributed by atoms with Crippen LogP contribution in [0.5, 0.6) is 0 Å². The molecule has 10 heteroatoms. The van der Waals surface area contributed by atoms with Gasteiger partial charge in [0.2, 0.25) is 5.95 Å². The van der Waals surface area contributed by atoms with Crippen molar-refractivity contribution < 1.29 is 14.3 Å². The molecule has 3 aromatic rings. The van der Waals surface area contributed by atoms with Crippen LogP contribution in [-0.2, 0) is 20.9 Å². The van der Waals surface area contributed by atoms with Crippen LogP contribution in [-0.4, -0.2) is 51.3 Å². The number of nitrogens with one attached hydrogen (secondary N) is 1. The molecule has 4 rings (SSSR count). The Morgan fingerprint density at radius 1 is 1.06 bits per heavy atom. The molecule has 0 spiro atoms. The van der Waals surface area contributed by atoms with Crippen molar-refractivity contribution in [3.8, 4) is 0 Å². The number of carbonyl (C=O) groups excluding carboxylic acids is 2. The Labute approximate surface area is 190 Å². The largest absolute Gasteiger partial charge is 0.455 e. The summed E-state index contributed by atoms with van der Waals surface area (Å²) in [7, 11) is 0. The molecule has 32 heavy (non-hydrogen) atoms. The van der Waals surface area contributed by atoms with Gasteiger partial charge in [-0.3, -0.25) is 9.59 Å². The lowest BCUT2D eigenvalue weighted by Gasteiger charge is -2.30. The summed E-state index contributed by atoms with van der Waals surface area (Å²) in [4.78, 5) is 35.2. The van der Waals surface area contributed by atoms with Crippen molar-refractivity contribution in [3.05, 3.63) is 65.6 Å². The lowest BCUT2D eigenvalue weighted by Crippen LogP contribution is -2.38. The summed E-state index contributed by atoms with van der Waals surface area (Å²) in [5, 5.41) is 7.58. The molecule has 0 atom stereocenters. The fourth-order valence-corrected chi connectivity index (χ4v) is 3.75. The molecule has 0 radical (unpaired) electrons. The lowest BCUT2D eigenvalue weighted by molar-refractivity contribution is -0.152. The van der Waals surface area contributed by atoms with Crippen molar-refractivity contribution in [1.29, 1.82) is 0 Å². The van der Waals surface area contributed by atoms with Gasteiger partial charge < -0.3 is 15.0 Å². The maximum absolute atomic E-state index is 12.4. The van der Waals surface area contributed by atoms with Gasteiger partial charge in [0, 0.05) is 36.6 Å². The minimum Gasteiger partial charge on any atom is -0.455 e. The summed E-state index contributed by atoms with van der Waals surface area (Å²) in [5.74, 6) is 0.135. The van der Waals surface area contributed by atoms with E-state index in [-0.39, 0.29) is 18.5 Å². The minimum absolute atomic E-state index is 0.242. The van der Waals surface area contributed by atoms with Crippen LogP contribution in [0.1, 0.15) is 18.4 Å². The van der Waals surface area contributed by atoms with E-state index in [0.717, 1.165) is 5.56 Å². The summed E-state index contributed by atoms with van der Waals surface area (Å²) in [6.07, 6.45) is 6.23. The summed E-state index contributed by atoms with van der Waals surface area (Å²) in [5.41, 5.74) is 0.882. The average molecular weight is 455 g/mol. The maximum Gasteiger partial charge on any atom is 0.309 e. The molecule has 0 unspecified atom stereocenters. The molecule has 1 amide bonds. The molecule has 1 aromatic carbocycles. The number of hydrogen-bond donors (Lipinski definition) is 1. The second-order valence-electron chi connectivity index (χ2n) is 7.43. The second-order valence-corrected chi connectivity index (χ2v) is 7.84. The third-order valence-electron chi connectivity index (χ3n) is 5.27. The van der Waals surface area contributed by atoms with Crippen molar-refractivity contribution >= 4 is 35.2 Å². The van der Waals surface area contributed by atoms with Crippen molar-refractivity contribution in [2.45, 2.75) is 19.4 Å². The number of halogens is 1. The lowest BCUT2D eigenvalue weighted by atomic mass is 9.97. The van der Waals surface area contributed by atoms with Crippen LogP contribution in [0.4, 0.5) is 11.8 Å². The van der Waals surface area contributed by atoms with Crippen molar-refractivity contribution in [2.24, 2.45) is 5.92 Å². The van der Waals surface area contributed by atoms with Crippen molar-refractivity contribution in [2.75, 3.05) is 29.9 Å². The highest BCUT2D eigenvalue weighted by Crippen LogP contribution is 2.21. The van der Waals surface area contributed by atoms with Gasteiger partial charge in [0.15, 0.2) is 6.61 Å². The fraction of sp³-hybridized carbons (Fsp3) is 0.318. The van der Waals surface area contributed by atoms with Crippen LogP contribution in [0, 0.1) is 5.92 Å². The van der Waals surface area contributed by atoms with Gasteiger partial charge in [-0.05, 0) is 30.5 Å². The van der Waals surface area contributed by atoms with Gasteiger partial charge in [-0.1, -0.05) is 29.8 Å². The molecule has 0 aliphatic carbocycles. The van der Waals surface area contributed by atoms with E-state index in [9.17, 15) is 9.59 Å². The van der Waals surface area contributed by atoms with Crippen LogP contribution in [0.3, 0.4) is 0 Å². The minimum atomic E-state index is -0.422. The molecule has 1 saturated heterocycles. The number of piperidine rings is 1. The highest BCUT2D eigenvalue weighted by molar-refractivity contribution is 6.31. The Kier molecular flexibility index (Phi) is 6.96. The first-order chi connectivity index (χ1) is 15.6. The smallest absolute Gasteiger partial charge is 0.309 e. The number of hydrogen-bond acceptors (Lipinski definition) is 7. The van der Waals surface area contributed by atoms with E-state index >= 15 is 0 Å². The average Bonchev–Trinajstić information content (AvgIpc) is 3.26. The van der Waals surface area contributed by atoms with Gasteiger partial charge in [0.1, 0.15) is 5.82 Å². The predicted octanol–water partition coefficient (Wildman–Crippen LogP) is 2.77. The van der Waals surface area contributed by atoms with Crippen molar-refractivity contribution in [1.82, 2.24) is 19.7 Å². The van der Waals surface area contributed by atoms with Crippen LogP contribution in [0.15, 0.2) is 55.0 Å². The van der Waals surface area contributed by atoms with E-state index in [1.54, 1.807) is 41.5 Å². The third-order valence-corrected chi connectivity index (χ3v) is 5.64. The van der Waals surface area contributed by atoms with E-state index in [1.807, 2.05) is 23.1 Å². The van der Waals surface area contributed by atoms with Crippen LogP contribution >= 0.6 is 11.6 Å². The van der Waals surface area contributed by atoms with E-state index in [0.29, 0.717) is 49.3 Å². The molecule has 1 fully saturated rings. The maximum atomic E-state index is 12.4. The second kappa shape index (κ2) is 10.2. The molecule has 1 N–H and O–H groups in total. The van der Waals surface area contributed by atoms with Crippen LogP contribution in [0.25, 0.3) is 0 Å². The summed E-state index contributed by atoms with van der Waals surface area (Å²) in [6, 6.07) is 10.9. The summed E-state index contributed by atoms with van der Waals surface area (Å²) < 4.78 is 6.89. The number of amides is 1. The molecule has 2 aromatic heterocycles. The van der Waals surface area contributed by atoms with Gasteiger partial charge in [0.25, 0.3) is 5.91 Å². The van der Waals surface area contributed by atoms with E-state index < -0.39 is 5.91 Å². The quantitative estimate of drug-likeness (QED) is 0.547. The Bertz CT molecular complexity index is 1070. The fourth-order valence-electron chi connectivity index (χ4n) is 3.56. The first-order valence-corrected chi connectivity index (χ1v) is 10.7. The van der Waals surface area contributed by atoms with Crippen molar-refractivity contribution in [3.63, 3.8) is 0 Å². The Morgan fingerprint density at radius 2 is 1.81 bits per heavy atom. The van der Waals surface area contributed by atoms with Gasteiger partial charge in [0.05, 0.1) is 18.7 Å². The van der Waals surface area contributed by atoms with E-state index in [2.05, 4.69) is 20.4 Å². The highest BCUT2D eigenvalue weighted by Gasteiger charge is 2.27. The zero-order valence-corrected chi connectivity index (χ0v) is 18.1. The SMILES string of the molecule is O=C(COC(=O)C1CCN(c2ncccn2)CC1)Nc1ccnn1Cc1ccccc1Cl. The molecular formula is C22H23ClN6O3. The number of benzene rings is 1. The number of carbonyl (C=O) groups is 2. The number of rotatable bonds is 7. The zero-order valence-electron chi connectivity index (χ0n) is 17.4. The Morgan fingerprint density at radius 3 is 2.56 bits per heavy atom. The molecule has 166 valence electrons. The van der Waals surface area contributed by atoms with E-state index in [1.165, 1.54) is 0 Å². The molecule has 0 saturated carbocycles.